The van der Waals surface area contributed by atoms with E-state index >= 15 is 0 Å². The Kier molecular flexibility index (Phi) is 2.30. The fourth-order valence-corrected chi connectivity index (χ4v) is 1.75. The predicted octanol–water partition coefficient (Wildman–Crippen LogP) is 0.810. The first-order valence-corrected chi connectivity index (χ1v) is 4.97. The summed E-state index contributed by atoms with van der Waals surface area (Å²) >= 11 is 0. The second-order valence-electron chi connectivity index (χ2n) is 3.88. The van der Waals surface area contributed by atoms with E-state index < -0.39 is 5.91 Å². The van der Waals surface area contributed by atoms with Crippen LogP contribution in [-0.4, -0.2) is 15.7 Å². The van der Waals surface area contributed by atoms with E-state index in [1.165, 1.54) is 0 Å². The summed E-state index contributed by atoms with van der Waals surface area (Å²) in [5.74, 6) is -0.641. The van der Waals surface area contributed by atoms with Crippen LogP contribution in [0.4, 0.5) is 0 Å². The van der Waals surface area contributed by atoms with Crippen molar-refractivity contribution in [2.45, 2.75) is 19.9 Å². The normalized spacial score (nSPS) is 11.2. The van der Waals surface area contributed by atoms with Crippen LogP contribution in [0.15, 0.2) is 16.9 Å². The molecule has 0 bridgehead atoms. The van der Waals surface area contributed by atoms with Crippen molar-refractivity contribution in [1.82, 2.24) is 9.78 Å². The summed E-state index contributed by atoms with van der Waals surface area (Å²) in [4.78, 5) is 22.9. The largest absolute Gasteiger partial charge is 0.366 e. The lowest BCUT2D eigenvalue weighted by molar-refractivity contribution is 0.100. The second kappa shape index (κ2) is 3.52. The number of carbonyl (C=O) groups excluding carboxylic acids is 1. The second-order valence-corrected chi connectivity index (χ2v) is 3.88. The number of nitrogens with one attached hydrogen (secondary N) is 1. The molecule has 0 saturated carbocycles. The molecular weight excluding hydrogens is 206 g/mol. The molecule has 0 aliphatic carbocycles. The highest BCUT2D eigenvalue weighted by molar-refractivity contribution is 6.05. The van der Waals surface area contributed by atoms with Crippen molar-refractivity contribution in [2.24, 2.45) is 5.73 Å². The molecule has 0 spiro atoms. The highest BCUT2D eigenvalue weighted by Gasteiger charge is 2.15. The number of nitrogens with two attached hydrogens (primary N) is 1. The maximum atomic E-state index is 11.7. The van der Waals surface area contributed by atoms with Crippen molar-refractivity contribution in [3.05, 3.63) is 34.1 Å². The van der Waals surface area contributed by atoms with E-state index in [2.05, 4.69) is 11.2 Å². The quantitative estimate of drug-likeness (QED) is 0.782. The van der Waals surface area contributed by atoms with E-state index in [0.29, 0.717) is 10.9 Å². The number of hydrogen-bond acceptors (Lipinski definition) is 2. The lowest BCUT2D eigenvalue weighted by Gasteiger charge is -2.07. The average molecular weight is 218 g/mol. The summed E-state index contributed by atoms with van der Waals surface area (Å²) in [6.45, 7) is 3.88. The minimum absolute atomic E-state index is 0.105. The van der Waals surface area contributed by atoms with Gasteiger partial charge < -0.3 is 5.73 Å². The molecule has 0 aliphatic rings. The SMILES string of the molecule is CC(C)n1[nH]c(=O)c2c(C(N)=O)[c]ccc21. The predicted molar refractivity (Wildman–Crippen MR) is 60.3 cm³/mol. The first-order valence-electron chi connectivity index (χ1n) is 4.97. The number of benzene rings is 1. The zero-order valence-electron chi connectivity index (χ0n) is 9.07. The average Bonchev–Trinajstić information content (AvgIpc) is 2.56. The van der Waals surface area contributed by atoms with Gasteiger partial charge in [-0.2, -0.15) is 0 Å². The van der Waals surface area contributed by atoms with Crippen LogP contribution in [0.2, 0.25) is 0 Å². The van der Waals surface area contributed by atoms with E-state index in [1.807, 2.05) is 13.8 Å². The number of aromatic nitrogens is 2. The molecule has 5 heteroatoms. The molecule has 0 fully saturated rings. The lowest BCUT2D eigenvalue weighted by Crippen LogP contribution is -2.14. The molecule has 0 saturated heterocycles. The molecule has 2 aromatic rings. The Labute approximate surface area is 91.8 Å². The number of nitrogens with zero attached hydrogens (tertiary/aromatic N) is 1. The van der Waals surface area contributed by atoms with Crippen LogP contribution in [0.25, 0.3) is 10.9 Å². The third kappa shape index (κ3) is 1.41. The molecule has 83 valence electrons. The van der Waals surface area contributed by atoms with Crippen molar-refractivity contribution in [3.63, 3.8) is 0 Å². The molecule has 16 heavy (non-hydrogen) atoms. The molecule has 2 rings (SSSR count). The van der Waals surface area contributed by atoms with E-state index in [0.717, 1.165) is 0 Å². The van der Waals surface area contributed by atoms with Crippen LogP contribution < -0.4 is 11.3 Å². The topological polar surface area (TPSA) is 80.9 Å². The van der Waals surface area contributed by atoms with Crippen molar-refractivity contribution >= 4 is 16.8 Å². The summed E-state index contributed by atoms with van der Waals surface area (Å²) in [7, 11) is 0. The van der Waals surface area contributed by atoms with Crippen molar-refractivity contribution in [3.8, 4) is 0 Å². The first kappa shape index (κ1) is 10.5. The van der Waals surface area contributed by atoms with Gasteiger partial charge in [0.25, 0.3) is 5.56 Å². The Hall–Kier alpha value is -2.04. The van der Waals surface area contributed by atoms with Gasteiger partial charge in [0.1, 0.15) is 0 Å². The van der Waals surface area contributed by atoms with Crippen molar-refractivity contribution in [1.29, 1.82) is 0 Å². The standard InChI is InChI=1S/C11H12N3O2/c1-6(2)14-8-5-3-4-7(10(12)15)9(8)11(16)13-14/h3,5-6H,1-2H3,(H2,12,15)(H,13,16). The maximum absolute atomic E-state index is 11.7. The molecule has 0 aliphatic heterocycles. The van der Waals surface area contributed by atoms with Gasteiger partial charge in [-0.25, -0.2) is 0 Å². The first-order chi connectivity index (χ1) is 7.52. The Morgan fingerprint density at radius 3 is 2.81 bits per heavy atom. The van der Waals surface area contributed by atoms with Gasteiger partial charge in [0, 0.05) is 6.04 Å². The Morgan fingerprint density at radius 2 is 2.25 bits per heavy atom. The van der Waals surface area contributed by atoms with Crippen LogP contribution in [-0.2, 0) is 0 Å². The van der Waals surface area contributed by atoms with E-state index in [1.54, 1.807) is 16.8 Å². The number of aromatic amines is 1. The van der Waals surface area contributed by atoms with Crippen molar-refractivity contribution < 1.29 is 4.79 Å². The molecule has 5 nitrogen and oxygen atoms in total. The van der Waals surface area contributed by atoms with Gasteiger partial charge in [-0.1, -0.05) is 6.07 Å². The van der Waals surface area contributed by atoms with Crippen molar-refractivity contribution in [2.75, 3.05) is 0 Å². The number of hydrogen-bond donors (Lipinski definition) is 2. The number of fused-ring (bicyclic) bond motifs is 1. The minimum atomic E-state index is -0.641. The van der Waals surface area contributed by atoms with Crippen LogP contribution in [0.5, 0.6) is 0 Å². The summed E-state index contributed by atoms with van der Waals surface area (Å²) in [6, 6.07) is 6.13. The lowest BCUT2D eigenvalue weighted by atomic mass is 10.1. The zero-order valence-corrected chi connectivity index (χ0v) is 9.07. The van der Waals surface area contributed by atoms with Gasteiger partial charge in [0.2, 0.25) is 5.91 Å². The summed E-state index contributed by atoms with van der Waals surface area (Å²) in [5.41, 5.74) is 5.70. The Morgan fingerprint density at radius 1 is 1.56 bits per heavy atom. The molecule has 0 unspecified atom stereocenters. The van der Waals surface area contributed by atoms with E-state index in [4.69, 9.17) is 5.73 Å². The minimum Gasteiger partial charge on any atom is -0.366 e. The molecule has 1 radical (unpaired) electrons. The van der Waals surface area contributed by atoms with Crippen LogP contribution >= 0.6 is 0 Å². The Bertz CT molecular complexity index is 607. The van der Waals surface area contributed by atoms with Gasteiger partial charge in [0.05, 0.1) is 16.5 Å². The van der Waals surface area contributed by atoms with Gasteiger partial charge in [0.15, 0.2) is 0 Å². The van der Waals surface area contributed by atoms with E-state index in [-0.39, 0.29) is 17.2 Å². The highest BCUT2D eigenvalue weighted by Crippen LogP contribution is 2.17. The smallest absolute Gasteiger partial charge is 0.272 e. The molecule has 1 aromatic heterocycles. The third-order valence-corrected chi connectivity index (χ3v) is 2.45. The molecular formula is C11H12N3O2. The molecule has 1 aromatic carbocycles. The highest BCUT2D eigenvalue weighted by atomic mass is 16.1. The van der Waals surface area contributed by atoms with Gasteiger partial charge in [-0.05, 0) is 26.0 Å². The number of H-pyrrole nitrogens is 1. The molecule has 1 amide bonds. The van der Waals surface area contributed by atoms with Gasteiger partial charge in [-0.15, -0.1) is 0 Å². The van der Waals surface area contributed by atoms with Gasteiger partial charge >= 0.3 is 0 Å². The van der Waals surface area contributed by atoms with Crippen LogP contribution in [0.3, 0.4) is 0 Å². The molecule has 3 N–H and O–H groups in total. The number of rotatable bonds is 2. The fraction of sp³-hybridized carbons (Fsp3) is 0.273. The molecule has 0 atom stereocenters. The zero-order chi connectivity index (χ0) is 11.9. The summed E-state index contributed by atoms with van der Waals surface area (Å²) in [5, 5.41) is 2.99. The van der Waals surface area contributed by atoms with Gasteiger partial charge in [-0.3, -0.25) is 19.4 Å². The third-order valence-electron chi connectivity index (χ3n) is 2.45. The number of primary amides is 1. The number of carbonyl (C=O) groups is 1. The summed E-state index contributed by atoms with van der Waals surface area (Å²) < 4.78 is 1.71. The fourth-order valence-electron chi connectivity index (χ4n) is 1.75. The van der Waals surface area contributed by atoms with Crippen LogP contribution in [0.1, 0.15) is 30.2 Å². The Balaban J connectivity index is 2.90. The molecule has 1 heterocycles. The number of amides is 1. The van der Waals surface area contributed by atoms with Crippen LogP contribution in [0, 0.1) is 6.07 Å². The maximum Gasteiger partial charge on any atom is 0.272 e. The van der Waals surface area contributed by atoms with E-state index in [9.17, 15) is 9.59 Å². The summed E-state index contributed by atoms with van der Waals surface area (Å²) in [6.07, 6.45) is 0. The monoisotopic (exact) mass is 218 g/mol.